The molecule has 5 rings (SSSR count). The Morgan fingerprint density at radius 3 is 1.49 bits per heavy atom. The van der Waals surface area contributed by atoms with Gasteiger partial charge in [0.1, 0.15) is 11.2 Å². The first kappa shape index (κ1) is 22.3. The second-order valence-corrected chi connectivity index (χ2v) is 8.12. The second-order valence-electron chi connectivity index (χ2n) is 8.12. The third kappa shape index (κ3) is 4.38. The molecule has 0 unspecified atom stereocenters. The van der Waals surface area contributed by atoms with Gasteiger partial charge in [0.25, 0.3) is 0 Å². The highest BCUT2D eigenvalue weighted by Crippen LogP contribution is 2.37. The van der Waals surface area contributed by atoms with Crippen molar-refractivity contribution < 1.29 is 14.0 Å². The number of anilines is 2. The molecule has 0 spiro atoms. The number of nitrogens with one attached hydrogen (secondary N) is 2. The molecule has 1 aromatic heterocycles. The fourth-order valence-corrected chi connectivity index (χ4v) is 4.20. The van der Waals surface area contributed by atoms with Crippen LogP contribution in [0.25, 0.3) is 44.2 Å². The zero-order valence-electron chi connectivity index (χ0n) is 18.9. The highest BCUT2D eigenvalue weighted by molar-refractivity contribution is 6.09. The lowest BCUT2D eigenvalue weighted by Gasteiger charge is -2.11. The molecule has 174 valence electrons. The van der Waals surface area contributed by atoms with E-state index in [4.69, 9.17) is 15.9 Å². The molecule has 0 fully saturated rings. The van der Waals surface area contributed by atoms with E-state index in [1.54, 1.807) is 0 Å². The van der Waals surface area contributed by atoms with Crippen LogP contribution >= 0.6 is 0 Å². The first-order valence-electron chi connectivity index (χ1n) is 11.2. The lowest BCUT2D eigenvalue weighted by Crippen LogP contribution is -2.22. The Labute approximate surface area is 201 Å². The van der Waals surface area contributed by atoms with Gasteiger partial charge in [-0.15, -0.1) is 0 Å². The van der Waals surface area contributed by atoms with Gasteiger partial charge >= 0.3 is 0 Å². The van der Waals surface area contributed by atoms with E-state index >= 15 is 0 Å². The summed E-state index contributed by atoms with van der Waals surface area (Å²) in [6.07, 6.45) is 0. The van der Waals surface area contributed by atoms with Crippen molar-refractivity contribution >= 4 is 45.1 Å². The molecule has 5 aromatic rings. The highest BCUT2D eigenvalue weighted by Gasteiger charge is 2.14. The van der Waals surface area contributed by atoms with Gasteiger partial charge in [-0.05, 0) is 47.5 Å². The van der Waals surface area contributed by atoms with Gasteiger partial charge in [0, 0.05) is 33.3 Å². The monoisotopic (exact) mass is 464 g/mol. The fraction of sp³-hybridized carbons (Fsp3) is 0.0714. The van der Waals surface area contributed by atoms with Crippen molar-refractivity contribution in [2.45, 2.75) is 0 Å². The number of fused-ring (bicyclic) bond motifs is 3. The zero-order chi connectivity index (χ0) is 24.4. The van der Waals surface area contributed by atoms with Crippen LogP contribution in [0.4, 0.5) is 11.4 Å². The highest BCUT2D eigenvalue weighted by atomic mass is 16.3. The molecule has 2 amide bonds. The summed E-state index contributed by atoms with van der Waals surface area (Å²) >= 11 is 0. The van der Waals surface area contributed by atoms with E-state index in [9.17, 15) is 9.59 Å². The number of carbonyl (C=O) groups is 2. The third-order valence-electron chi connectivity index (χ3n) is 5.86. The van der Waals surface area contributed by atoms with Crippen LogP contribution in [0.1, 0.15) is 0 Å². The van der Waals surface area contributed by atoms with Crippen LogP contribution in [-0.2, 0) is 9.59 Å². The second kappa shape index (κ2) is 9.42. The van der Waals surface area contributed by atoms with Crippen molar-refractivity contribution in [3.05, 3.63) is 84.9 Å². The molecule has 35 heavy (non-hydrogen) atoms. The van der Waals surface area contributed by atoms with Crippen LogP contribution < -0.4 is 22.1 Å². The molecule has 0 atom stereocenters. The van der Waals surface area contributed by atoms with E-state index in [0.29, 0.717) is 11.4 Å². The third-order valence-corrected chi connectivity index (χ3v) is 5.86. The molecular formula is C28H24N4O3. The number of furan rings is 1. The average molecular weight is 465 g/mol. The molecular weight excluding hydrogens is 440 g/mol. The number of benzene rings is 4. The van der Waals surface area contributed by atoms with Crippen molar-refractivity contribution in [2.75, 3.05) is 23.7 Å². The molecule has 0 saturated heterocycles. The number of rotatable bonds is 6. The first-order valence-corrected chi connectivity index (χ1v) is 11.2. The van der Waals surface area contributed by atoms with Gasteiger partial charge in [0.05, 0.1) is 13.1 Å². The maximum Gasteiger partial charge on any atom is 0.238 e. The van der Waals surface area contributed by atoms with Crippen molar-refractivity contribution in [1.82, 2.24) is 0 Å². The minimum Gasteiger partial charge on any atom is -0.456 e. The summed E-state index contributed by atoms with van der Waals surface area (Å²) in [7, 11) is 0. The Kier molecular flexibility index (Phi) is 6.01. The van der Waals surface area contributed by atoms with Crippen molar-refractivity contribution in [3.63, 3.8) is 0 Å². The van der Waals surface area contributed by atoms with Gasteiger partial charge < -0.3 is 26.5 Å². The number of hydrogen-bond donors (Lipinski definition) is 4. The quantitative estimate of drug-likeness (QED) is 0.290. The number of para-hydroxylation sites is 2. The van der Waals surface area contributed by atoms with Crippen LogP contribution in [0, 0.1) is 0 Å². The van der Waals surface area contributed by atoms with Crippen molar-refractivity contribution in [3.8, 4) is 22.3 Å². The van der Waals surface area contributed by atoms with E-state index in [1.165, 1.54) is 0 Å². The van der Waals surface area contributed by atoms with Crippen LogP contribution in [0.2, 0.25) is 0 Å². The van der Waals surface area contributed by atoms with E-state index in [-0.39, 0.29) is 24.9 Å². The van der Waals surface area contributed by atoms with E-state index < -0.39 is 0 Å². The van der Waals surface area contributed by atoms with Crippen LogP contribution in [0.5, 0.6) is 0 Å². The summed E-state index contributed by atoms with van der Waals surface area (Å²) in [5.74, 6) is -0.505. The van der Waals surface area contributed by atoms with Gasteiger partial charge in [-0.3, -0.25) is 9.59 Å². The standard InChI is InChI=1S/C28H24N4O3/c29-15-27(33)31-23-7-3-1-5-19(23)17-9-11-25-21(13-17)22-14-18(10-12-26(22)35-25)20-6-2-4-8-24(20)32-28(34)16-30/h1-14H,15-16,29-30H2,(H,31,33)(H,32,34). The van der Waals surface area contributed by atoms with Crippen molar-refractivity contribution in [1.29, 1.82) is 0 Å². The minimum absolute atomic E-state index is 0.0876. The van der Waals surface area contributed by atoms with Gasteiger partial charge in [-0.25, -0.2) is 0 Å². The van der Waals surface area contributed by atoms with Crippen LogP contribution in [0.15, 0.2) is 89.3 Å². The molecule has 0 saturated carbocycles. The Hall–Kier alpha value is -4.46. The molecule has 0 bridgehead atoms. The summed E-state index contributed by atoms with van der Waals surface area (Å²) in [5, 5.41) is 7.62. The predicted octanol–water partition coefficient (Wildman–Crippen LogP) is 4.71. The summed E-state index contributed by atoms with van der Waals surface area (Å²) < 4.78 is 6.09. The maximum atomic E-state index is 11.9. The smallest absolute Gasteiger partial charge is 0.238 e. The molecule has 0 aliphatic rings. The Morgan fingerprint density at radius 1 is 0.629 bits per heavy atom. The molecule has 0 radical (unpaired) electrons. The Bertz CT molecular complexity index is 1460. The largest absolute Gasteiger partial charge is 0.456 e. The average Bonchev–Trinajstić information content (AvgIpc) is 3.26. The van der Waals surface area contributed by atoms with Gasteiger partial charge in [0.15, 0.2) is 0 Å². The van der Waals surface area contributed by atoms with E-state index in [1.807, 2.05) is 72.8 Å². The molecule has 0 aliphatic heterocycles. The predicted molar refractivity (Wildman–Crippen MR) is 140 cm³/mol. The number of amides is 2. The SMILES string of the molecule is NCC(=O)Nc1ccccc1-c1ccc2oc3ccc(-c4ccccc4NC(=O)CN)cc3c2c1. The fourth-order valence-electron chi connectivity index (χ4n) is 4.20. The molecule has 1 heterocycles. The van der Waals surface area contributed by atoms with Crippen LogP contribution in [0.3, 0.4) is 0 Å². The summed E-state index contributed by atoms with van der Waals surface area (Å²) in [6.45, 7) is -0.175. The zero-order valence-corrected chi connectivity index (χ0v) is 18.9. The topological polar surface area (TPSA) is 123 Å². The Morgan fingerprint density at radius 2 is 1.06 bits per heavy atom. The number of carbonyl (C=O) groups excluding carboxylic acids is 2. The normalized spacial score (nSPS) is 11.0. The summed E-state index contributed by atoms with van der Waals surface area (Å²) in [5.41, 5.74) is 17.5. The van der Waals surface area contributed by atoms with Gasteiger partial charge in [-0.1, -0.05) is 48.5 Å². The minimum atomic E-state index is -0.252. The van der Waals surface area contributed by atoms with E-state index in [0.717, 1.165) is 44.2 Å². The number of nitrogens with two attached hydrogens (primary N) is 2. The lowest BCUT2D eigenvalue weighted by atomic mass is 9.98. The molecule has 7 heteroatoms. The van der Waals surface area contributed by atoms with E-state index in [2.05, 4.69) is 22.8 Å². The molecule has 0 aliphatic carbocycles. The van der Waals surface area contributed by atoms with Gasteiger partial charge in [0.2, 0.25) is 11.8 Å². The summed E-state index contributed by atoms with van der Waals surface area (Å²) in [6, 6.07) is 27.1. The maximum absolute atomic E-state index is 11.9. The van der Waals surface area contributed by atoms with Crippen molar-refractivity contribution in [2.24, 2.45) is 11.5 Å². The number of hydrogen-bond acceptors (Lipinski definition) is 5. The molecule has 4 aromatic carbocycles. The molecule has 6 N–H and O–H groups in total. The van der Waals surface area contributed by atoms with Gasteiger partial charge in [-0.2, -0.15) is 0 Å². The first-order chi connectivity index (χ1) is 17.1. The Balaban J connectivity index is 1.62. The summed E-state index contributed by atoms with van der Waals surface area (Å²) in [4.78, 5) is 23.8. The lowest BCUT2D eigenvalue weighted by molar-refractivity contribution is -0.115. The molecule has 7 nitrogen and oxygen atoms in total. The van der Waals surface area contributed by atoms with Crippen LogP contribution in [-0.4, -0.2) is 24.9 Å².